The van der Waals surface area contributed by atoms with E-state index >= 15 is 0 Å². The summed E-state index contributed by atoms with van der Waals surface area (Å²) in [6, 6.07) is 13.5. The quantitative estimate of drug-likeness (QED) is 0.690. The third-order valence-electron chi connectivity index (χ3n) is 3.77. The molecule has 0 unspecified atom stereocenters. The molecule has 4 heteroatoms. The Hall–Kier alpha value is -1.32. The molecule has 0 aromatic heterocycles. The van der Waals surface area contributed by atoms with E-state index in [4.69, 9.17) is 11.6 Å². The number of aryl methyl sites for hydroxylation is 1. The van der Waals surface area contributed by atoms with Crippen LogP contribution in [0.1, 0.15) is 28.8 Å². The lowest BCUT2D eigenvalue weighted by Gasteiger charge is -2.23. The summed E-state index contributed by atoms with van der Waals surface area (Å²) in [7, 11) is 0. The Kier molecular flexibility index (Phi) is 4.32. The number of benzene rings is 2. The fraction of sp³-hybridized carbons (Fsp3) is 0.235. The minimum Gasteiger partial charge on any atom is -0.308 e. The number of hydrogen-bond donors (Lipinski definition) is 0. The average molecular weight is 365 g/mol. The minimum absolute atomic E-state index is 0.0212. The average Bonchev–Trinajstić information content (AvgIpc) is 2.69. The first-order chi connectivity index (χ1) is 10.2. The minimum atomic E-state index is 0.0212. The van der Waals surface area contributed by atoms with Gasteiger partial charge in [0.2, 0.25) is 0 Å². The first kappa shape index (κ1) is 14.6. The van der Waals surface area contributed by atoms with Crippen molar-refractivity contribution in [2.45, 2.75) is 19.3 Å². The van der Waals surface area contributed by atoms with Crippen molar-refractivity contribution in [3.05, 3.63) is 63.1 Å². The van der Waals surface area contributed by atoms with Crippen molar-refractivity contribution < 1.29 is 4.79 Å². The van der Waals surface area contributed by atoms with Crippen LogP contribution in [0.15, 0.2) is 46.9 Å². The second-order valence-electron chi connectivity index (χ2n) is 5.17. The number of fused-ring (bicyclic) bond motifs is 1. The number of nitrogens with zero attached hydrogens (tertiary/aromatic N) is 1. The maximum absolute atomic E-state index is 12.9. The Morgan fingerprint density at radius 2 is 1.95 bits per heavy atom. The van der Waals surface area contributed by atoms with Gasteiger partial charge in [0.15, 0.2) is 0 Å². The lowest BCUT2D eigenvalue weighted by atomic mass is 10.1. The van der Waals surface area contributed by atoms with Crippen molar-refractivity contribution in [3.8, 4) is 0 Å². The van der Waals surface area contributed by atoms with Gasteiger partial charge in [0.25, 0.3) is 5.91 Å². The van der Waals surface area contributed by atoms with E-state index < -0.39 is 0 Å². The van der Waals surface area contributed by atoms with Gasteiger partial charge in [-0.1, -0.05) is 29.8 Å². The van der Waals surface area contributed by atoms with Gasteiger partial charge in [0.1, 0.15) is 0 Å². The summed E-state index contributed by atoms with van der Waals surface area (Å²) in [5.74, 6) is 0.0212. The van der Waals surface area contributed by atoms with Crippen molar-refractivity contribution in [3.63, 3.8) is 0 Å². The van der Waals surface area contributed by atoms with Crippen LogP contribution in [0, 0.1) is 0 Å². The van der Waals surface area contributed by atoms with E-state index in [2.05, 4.69) is 22.0 Å². The topological polar surface area (TPSA) is 20.3 Å². The number of carbonyl (C=O) groups excluding carboxylic acids is 1. The van der Waals surface area contributed by atoms with Crippen molar-refractivity contribution in [2.24, 2.45) is 0 Å². The predicted octanol–water partition coefficient (Wildman–Crippen LogP) is 5.09. The molecule has 0 radical (unpaired) electrons. The molecule has 0 atom stereocenters. The van der Waals surface area contributed by atoms with Crippen LogP contribution in [0.25, 0.3) is 0 Å². The summed E-state index contributed by atoms with van der Waals surface area (Å²) in [4.78, 5) is 14.8. The second kappa shape index (κ2) is 6.20. The molecule has 0 fully saturated rings. The van der Waals surface area contributed by atoms with Gasteiger partial charge in [-0.25, -0.2) is 0 Å². The molecular formula is C17H15BrClNO. The highest BCUT2D eigenvalue weighted by Crippen LogP contribution is 2.30. The largest absolute Gasteiger partial charge is 0.308 e. The highest BCUT2D eigenvalue weighted by Gasteiger charge is 2.23. The first-order valence-electron chi connectivity index (χ1n) is 7.01. The molecular weight excluding hydrogens is 350 g/mol. The monoisotopic (exact) mass is 363 g/mol. The highest BCUT2D eigenvalue weighted by atomic mass is 79.9. The standard InChI is InChI=1S/C17H15BrClNO/c18-15-11-13(19)8-9-14(15)17(21)20-10-4-3-6-12-5-1-2-7-16(12)20/h1-2,5,7-9,11H,3-4,6,10H2. The van der Waals surface area contributed by atoms with E-state index in [1.807, 2.05) is 23.1 Å². The van der Waals surface area contributed by atoms with Crippen LogP contribution >= 0.6 is 27.5 Å². The molecule has 2 aromatic rings. The van der Waals surface area contributed by atoms with E-state index in [1.54, 1.807) is 18.2 Å². The predicted molar refractivity (Wildman–Crippen MR) is 90.2 cm³/mol. The fourth-order valence-electron chi connectivity index (χ4n) is 2.71. The molecule has 21 heavy (non-hydrogen) atoms. The van der Waals surface area contributed by atoms with Gasteiger partial charge < -0.3 is 4.90 Å². The molecule has 0 saturated heterocycles. The molecule has 1 aliphatic heterocycles. The molecule has 1 heterocycles. The summed E-state index contributed by atoms with van der Waals surface area (Å²) in [5, 5.41) is 0.620. The number of halogens is 2. The number of carbonyl (C=O) groups is 1. The summed E-state index contributed by atoms with van der Waals surface area (Å²) in [6.45, 7) is 0.755. The summed E-state index contributed by atoms with van der Waals surface area (Å²) >= 11 is 9.40. The lowest BCUT2D eigenvalue weighted by Crippen LogP contribution is -2.32. The third-order valence-corrected chi connectivity index (χ3v) is 4.66. The smallest absolute Gasteiger partial charge is 0.259 e. The Morgan fingerprint density at radius 3 is 2.76 bits per heavy atom. The molecule has 0 saturated carbocycles. The molecule has 1 amide bonds. The van der Waals surface area contributed by atoms with Gasteiger partial charge in [-0.2, -0.15) is 0 Å². The maximum atomic E-state index is 12.9. The third kappa shape index (κ3) is 2.99. The summed E-state index contributed by atoms with van der Waals surface area (Å²) in [5.41, 5.74) is 2.92. The molecule has 2 aromatic carbocycles. The molecule has 0 spiro atoms. The summed E-state index contributed by atoms with van der Waals surface area (Å²) in [6.07, 6.45) is 3.16. The maximum Gasteiger partial charge on any atom is 0.259 e. The second-order valence-corrected chi connectivity index (χ2v) is 6.46. The number of para-hydroxylation sites is 1. The fourth-order valence-corrected chi connectivity index (χ4v) is 3.56. The zero-order valence-corrected chi connectivity index (χ0v) is 13.8. The normalized spacial score (nSPS) is 14.5. The lowest BCUT2D eigenvalue weighted by molar-refractivity contribution is 0.0986. The molecule has 0 bridgehead atoms. The molecule has 1 aliphatic rings. The highest BCUT2D eigenvalue weighted by molar-refractivity contribution is 9.10. The Balaban J connectivity index is 2.01. The van der Waals surface area contributed by atoms with Crippen LogP contribution in [0.2, 0.25) is 5.02 Å². The number of anilines is 1. The van der Waals surface area contributed by atoms with Crippen molar-refractivity contribution >= 4 is 39.1 Å². The van der Waals surface area contributed by atoms with Crippen molar-refractivity contribution in [1.82, 2.24) is 0 Å². The number of amides is 1. The first-order valence-corrected chi connectivity index (χ1v) is 8.19. The van der Waals surface area contributed by atoms with Crippen LogP contribution < -0.4 is 4.90 Å². The number of hydrogen-bond acceptors (Lipinski definition) is 1. The van der Waals surface area contributed by atoms with Crippen LogP contribution in [0.5, 0.6) is 0 Å². The van der Waals surface area contributed by atoms with E-state index in [1.165, 1.54) is 5.56 Å². The van der Waals surface area contributed by atoms with Gasteiger partial charge >= 0.3 is 0 Å². The van der Waals surface area contributed by atoms with Gasteiger partial charge in [0.05, 0.1) is 5.56 Å². The zero-order chi connectivity index (χ0) is 14.8. The SMILES string of the molecule is O=C(c1ccc(Cl)cc1Br)N1CCCCc2ccccc21. The molecule has 108 valence electrons. The molecule has 0 N–H and O–H groups in total. The molecule has 2 nitrogen and oxygen atoms in total. The Labute approximate surface area is 137 Å². The van der Waals surface area contributed by atoms with Crippen LogP contribution in [-0.2, 0) is 6.42 Å². The van der Waals surface area contributed by atoms with E-state index in [9.17, 15) is 4.79 Å². The van der Waals surface area contributed by atoms with Gasteiger partial charge in [-0.3, -0.25) is 4.79 Å². The van der Waals surface area contributed by atoms with Gasteiger partial charge in [-0.15, -0.1) is 0 Å². The van der Waals surface area contributed by atoms with Crippen LogP contribution in [-0.4, -0.2) is 12.5 Å². The van der Waals surface area contributed by atoms with Crippen LogP contribution in [0.4, 0.5) is 5.69 Å². The molecule has 0 aliphatic carbocycles. The van der Waals surface area contributed by atoms with Gasteiger partial charge in [-0.05, 0) is 65.0 Å². The molecule has 3 rings (SSSR count). The van der Waals surface area contributed by atoms with E-state index in [0.29, 0.717) is 10.6 Å². The van der Waals surface area contributed by atoms with Gasteiger partial charge in [0, 0.05) is 21.7 Å². The Morgan fingerprint density at radius 1 is 1.14 bits per heavy atom. The van der Waals surface area contributed by atoms with E-state index in [0.717, 1.165) is 36.0 Å². The van der Waals surface area contributed by atoms with Crippen molar-refractivity contribution in [1.29, 1.82) is 0 Å². The van der Waals surface area contributed by atoms with E-state index in [-0.39, 0.29) is 5.91 Å². The summed E-state index contributed by atoms with van der Waals surface area (Å²) < 4.78 is 0.738. The van der Waals surface area contributed by atoms with Crippen molar-refractivity contribution in [2.75, 3.05) is 11.4 Å². The Bertz CT molecular complexity index is 686. The zero-order valence-electron chi connectivity index (χ0n) is 11.5. The number of rotatable bonds is 1. The van der Waals surface area contributed by atoms with Crippen LogP contribution in [0.3, 0.4) is 0 Å².